The molecule has 0 radical (unpaired) electrons. The van der Waals surface area contributed by atoms with Crippen molar-refractivity contribution < 1.29 is 19.1 Å². The summed E-state index contributed by atoms with van der Waals surface area (Å²) < 4.78 is 10.4. The molecule has 0 rings (SSSR count). The lowest BCUT2D eigenvalue weighted by atomic mass is 10.1. The van der Waals surface area contributed by atoms with Crippen molar-refractivity contribution in [2.75, 3.05) is 13.2 Å². The Balaban J connectivity index is 3.50. The number of thiol groups is 1. The third-order valence-electron chi connectivity index (χ3n) is 5.14. The maximum absolute atomic E-state index is 11.9. The summed E-state index contributed by atoms with van der Waals surface area (Å²) in [7, 11) is 0. The Morgan fingerprint density at radius 1 is 0.621 bits per heavy atom. The molecule has 0 aromatic rings. The zero-order valence-corrected chi connectivity index (χ0v) is 20.0. The quantitative estimate of drug-likeness (QED) is 0.120. The Labute approximate surface area is 185 Å². The molecule has 0 N–H and O–H groups in total. The van der Waals surface area contributed by atoms with Crippen molar-refractivity contribution in [1.82, 2.24) is 0 Å². The summed E-state index contributed by atoms with van der Waals surface area (Å²) in [6, 6.07) is 0. The molecular formula is C24H46O4S. The number of carbonyl (C=O) groups is 2. The first kappa shape index (κ1) is 28.3. The van der Waals surface area contributed by atoms with Gasteiger partial charge in [-0.15, -0.1) is 0 Å². The summed E-state index contributed by atoms with van der Waals surface area (Å²) >= 11 is 4.20. The molecule has 0 heterocycles. The van der Waals surface area contributed by atoms with Gasteiger partial charge in [0.05, 0.1) is 19.6 Å². The molecule has 0 aliphatic rings. The molecule has 1 unspecified atom stereocenters. The van der Waals surface area contributed by atoms with Crippen LogP contribution in [0.2, 0.25) is 0 Å². The minimum absolute atomic E-state index is 0.0175. The van der Waals surface area contributed by atoms with Gasteiger partial charge in [0, 0.05) is 0 Å². The molecule has 0 saturated heterocycles. The van der Waals surface area contributed by atoms with Gasteiger partial charge in [-0.2, -0.15) is 12.6 Å². The van der Waals surface area contributed by atoms with Gasteiger partial charge in [-0.1, -0.05) is 104 Å². The normalized spacial score (nSPS) is 12.0. The van der Waals surface area contributed by atoms with Gasteiger partial charge < -0.3 is 9.47 Å². The van der Waals surface area contributed by atoms with Crippen molar-refractivity contribution in [3.05, 3.63) is 0 Å². The highest BCUT2D eigenvalue weighted by Gasteiger charge is 2.20. The van der Waals surface area contributed by atoms with Crippen molar-refractivity contribution in [3.8, 4) is 0 Å². The fraction of sp³-hybridized carbons (Fsp3) is 0.917. The van der Waals surface area contributed by atoms with Crippen LogP contribution in [-0.2, 0) is 19.1 Å². The molecule has 0 fully saturated rings. The van der Waals surface area contributed by atoms with E-state index in [-0.39, 0.29) is 12.4 Å². The van der Waals surface area contributed by atoms with Crippen molar-refractivity contribution in [2.45, 2.75) is 128 Å². The van der Waals surface area contributed by atoms with Gasteiger partial charge in [-0.25, -0.2) is 0 Å². The Morgan fingerprint density at radius 2 is 1.00 bits per heavy atom. The Morgan fingerprint density at radius 3 is 1.45 bits per heavy atom. The van der Waals surface area contributed by atoms with E-state index in [1.165, 1.54) is 77.0 Å². The topological polar surface area (TPSA) is 52.6 Å². The second-order valence-electron chi connectivity index (χ2n) is 8.06. The maximum Gasteiger partial charge on any atom is 0.319 e. The Hall–Kier alpha value is -0.710. The molecule has 0 aliphatic heterocycles. The van der Waals surface area contributed by atoms with Gasteiger partial charge in [-0.3, -0.25) is 9.59 Å². The van der Waals surface area contributed by atoms with E-state index in [1.54, 1.807) is 0 Å². The molecule has 1 atom stereocenters. The van der Waals surface area contributed by atoms with E-state index in [4.69, 9.17) is 9.47 Å². The van der Waals surface area contributed by atoms with Gasteiger partial charge in [0.25, 0.3) is 0 Å². The van der Waals surface area contributed by atoms with Crippen molar-refractivity contribution in [1.29, 1.82) is 0 Å². The van der Waals surface area contributed by atoms with Crippen LogP contribution in [0.4, 0.5) is 0 Å². The van der Waals surface area contributed by atoms with E-state index in [2.05, 4.69) is 26.5 Å². The molecular weight excluding hydrogens is 384 g/mol. The van der Waals surface area contributed by atoms with Crippen molar-refractivity contribution in [3.63, 3.8) is 0 Å². The van der Waals surface area contributed by atoms with Crippen molar-refractivity contribution >= 4 is 24.6 Å². The van der Waals surface area contributed by atoms with E-state index in [0.717, 1.165) is 25.7 Å². The standard InChI is InChI=1S/C24H46O4S/c1-3-5-7-9-11-13-15-17-19-27-23(25)21-22(29)24(26)28-20-18-16-14-12-10-8-6-4-2/h22,29H,3-21H2,1-2H3. The monoisotopic (exact) mass is 430 g/mol. The minimum Gasteiger partial charge on any atom is -0.466 e. The van der Waals surface area contributed by atoms with Crippen LogP contribution in [-0.4, -0.2) is 30.4 Å². The third-order valence-corrected chi connectivity index (χ3v) is 5.53. The van der Waals surface area contributed by atoms with Crippen LogP contribution in [0.1, 0.15) is 123 Å². The first-order valence-electron chi connectivity index (χ1n) is 12.1. The summed E-state index contributed by atoms with van der Waals surface area (Å²) in [5.74, 6) is -0.780. The lowest BCUT2D eigenvalue weighted by molar-refractivity contribution is -0.149. The summed E-state index contributed by atoms with van der Waals surface area (Å²) in [5.41, 5.74) is 0. The molecule has 0 spiro atoms. The molecule has 0 aromatic carbocycles. The fourth-order valence-corrected chi connectivity index (χ4v) is 3.45. The van der Waals surface area contributed by atoms with Crippen LogP contribution in [0.5, 0.6) is 0 Å². The summed E-state index contributed by atoms with van der Waals surface area (Å²) in [6.45, 7) is 5.29. The highest BCUT2D eigenvalue weighted by Crippen LogP contribution is 2.11. The maximum atomic E-state index is 11.9. The molecule has 0 amide bonds. The van der Waals surface area contributed by atoms with Crippen LogP contribution < -0.4 is 0 Å². The summed E-state index contributed by atoms with van der Waals surface area (Å²) in [4.78, 5) is 23.7. The summed E-state index contributed by atoms with van der Waals surface area (Å²) in [5, 5.41) is -0.727. The highest BCUT2D eigenvalue weighted by atomic mass is 32.1. The van der Waals surface area contributed by atoms with Crippen LogP contribution in [0.25, 0.3) is 0 Å². The molecule has 172 valence electrons. The number of unbranched alkanes of at least 4 members (excludes halogenated alkanes) is 14. The van der Waals surface area contributed by atoms with Crippen LogP contribution in [0.15, 0.2) is 0 Å². The molecule has 0 aromatic heterocycles. The second kappa shape index (κ2) is 22.0. The van der Waals surface area contributed by atoms with E-state index >= 15 is 0 Å². The number of carbonyl (C=O) groups excluding carboxylic acids is 2. The molecule has 29 heavy (non-hydrogen) atoms. The predicted molar refractivity (Wildman–Crippen MR) is 125 cm³/mol. The second-order valence-corrected chi connectivity index (χ2v) is 8.68. The van der Waals surface area contributed by atoms with E-state index in [1.807, 2.05) is 0 Å². The van der Waals surface area contributed by atoms with Crippen LogP contribution >= 0.6 is 12.6 Å². The van der Waals surface area contributed by atoms with Gasteiger partial charge in [-0.05, 0) is 12.8 Å². The largest absolute Gasteiger partial charge is 0.466 e. The minimum atomic E-state index is -0.727. The number of ether oxygens (including phenoxy) is 2. The molecule has 5 heteroatoms. The average Bonchev–Trinajstić information content (AvgIpc) is 2.71. The smallest absolute Gasteiger partial charge is 0.319 e. The number of hydrogen-bond donors (Lipinski definition) is 1. The van der Waals surface area contributed by atoms with Gasteiger partial charge >= 0.3 is 11.9 Å². The average molecular weight is 431 g/mol. The Bertz CT molecular complexity index is 387. The van der Waals surface area contributed by atoms with E-state index < -0.39 is 11.2 Å². The number of rotatable bonds is 21. The fourth-order valence-electron chi connectivity index (χ4n) is 3.23. The zero-order valence-electron chi connectivity index (χ0n) is 19.1. The molecule has 0 aliphatic carbocycles. The lowest BCUT2D eigenvalue weighted by Gasteiger charge is -2.11. The number of esters is 2. The van der Waals surface area contributed by atoms with E-state index in [9.17, 15) is 9.59 Å². The van der Waals surface area contributed by atoms with Crippen LogP contribution in [0, 0.1) is 0 Å². The summed E-state index contributed by atoms with van der Waals surface area (Å²) in [6.07, 6.45) is 19.3. The van der Waals surface area contributed by atoms with Gasteiger partial charge in [0.1, 0.15) is 5.25 Å². The van der Waals surface area contributed by atoms with Crippen LogP contribution in [0.3, 0.4) is 0 Å². The predicted octanol–water partition coefficient (Wildman–Crippen LogP) is 7.04. The van der Waals surface area contributed by atoms with Gasteiger partial charge in [0.15, 0.2) is 0 Å². The Kier molecular flexibility index (Phi) is 21.4. The SMILES string of the molecule is CCCCCCCCCCOC(=O)CC(S)C(=O)OCCCCCCCCCC. The van der Waals surface area contributed by atoms with Gasteiger partial charge in [0.2, 0.25) is 0 Å². The highest BCUT2D eigenvalue weighted by molar-refractivity contribution is 7.81. The van der Waals surface area contributed by atoms with Crippen molar-refractivity contribution in [2.24, 2.45) is 0 Å². The lowest BCUT2D eigenvalue weighted by Crippen LogP contribution is -2.23. The molecule has 0 saturated carbocycles. The number of hydrogen-bond acceptors (Lipinski definition) is 5. The first-order valence-corrected chi connectivity index (χ1v) is 12.6. The zero-order chi connectivity index (χ0) is 21.6. The van der Waals surface area contributed by atoms with E-state index in [0.29, 0.717) is 13.2 Å². The molecule has 4 nitrogen and oxygen atoms in total. The first-order chi connectivity index (χ1) is 14.1. The molecule has 0 bridgehead atoms. The third kappa shape index (κ3) is 20.3.